The number of nitrogens with one attached hydrogen (secondary N) is 2. The topological polar surface area (TPSA) is 58.2 Å². The van der Waals surface area contributed by atoms with E-state index in [4.69, 9.17) is 0 Å². The highest BCUT2D eigenvalue weighted by Gasteiger charge is 2.18. The van der Waals surface area contributed by atoms with Crippen molar-refractivity contribution in [2.75, 3.05) is 13.1 Å². The van der Waals surface area contributed by atoms with Gasteiger partial charge in [-0.3, -0.25) is 0 Å². The first-order valence-electron chi connectivity index (χ1n) is 10.8. The minimum absolute atomic E-state index is 0.114. The van der Waals surface area contributed by atoms with E-state index in [0.29, 0.717) is 5.92 Å². The van der Waals surface area contributed by atoms with E-state index >= 15 is 0 Å². The van der Waals surface area contributed by atoms with Gasteiger partial charge in [0.2, 0.25) is 10.0 Å². The highest BCUT2D eigenvalue weighted by atomic mass is 32.2. The van der Waals surface area contributed by atoms with Crippen LogP contribution in [0.5, 0.6) is 0 Å². The third kappa shape index (κ3) is 6.76. The molecule has 0 saturated heterocycles. The maximum absolute atomic E-state index is 12.7. The van der Waals surface area contributed by atoms with Crippen LogP contribution in [0.4, 0.5) is 0 Å². The summed E-state index contributed by atoms with van der Waals surface area (Å²) in [5.74, 6) is 0.524. The fraction of sp³-hybridized carbons (Fsp3) is 0.308. The molecule has 5 heteroatoms. The van der Waals surface area contributed by atoms with Crippen molar-refractivity contribution in [1.82, 2.24) is 10.0 Å². The van der Waals surface area contributed by atoms with Gasteiger partial charge >= 0.3 is 0 Å². The minimum atomic E-state index is -3.56. The lowest BCUT2D eigenvalue weighted by atomic mass is 10.0. The number of hydrogen-bond acceptors (Lipinski definition) is 3. The van der Waals surface area contributed by atoms with Crippen LogP contribution in [-0.4, -0.2) is 21.5 Å². The fourth-order valence-corrected chi connectivity index (χ4v) is 4.49. The lowest BCUT2D eigenvalue weighted by Gasteiger charge is -2.20. The van der Waals surface area contributed by atoms with E-state index in [1.54, 1.807) is 12.1 Å². The Kier molecular flexibility index (Phi) is 8.02. The summed E-state index contributed by atoms with van der Waals surface area (Å²) >= 11 is 0. The number of rotatable bonds is 10. The molecule has 0 bridgehead atoms. The molecular weight excluding hydrogens is 404 g/mol. The van der Waals surface area contributed by atoms with Crippen LogP contribution >= 0.6 is 0 Å². The van der Waals surface area contributed by atoms with Gasteiger partial charge in [-0.2, -0.15) is 0 Å². The summed E-state index contributed by atoms with van der Waals surface area (Å²) in [6, 6.07) is 25.5. The Morgan fingerprint density at radius 3 is 2.06 bits per heavy atom. The lowest BCUT2D eigenvalue weighted by Crippen LogP contribution is -2.35. The molecule has 0 unspecified atom stereocenters. The van der Waals surface area contributed by atoms with Crippen LogP contribution in [-0.2, 0) is 16.4 Å². The van der Waals surface area contributed by atoms with E-state index in [-0.39, 0.29) is 17.5 Å². The molecule has 0 spiro atoms. The Labute approximate surface area is 186 Å². The van der Waals surface area contributed by atoms with Crippen molar-refractivity contribution in [3.63, 3.8) is 0 Å². The maximum atomic E-state index is 12.7. The van der Waals surface area contributed by atoms with E-state index in [9.17, 15) is 8.42 Å². The molecule has 3 rings (SSSR count). The predicted octanol–water partition coefficient (Wildman–Crippen LogP) is 4.97. The van der Waals surface area contributed by atoms with Crippen LogP contribution in [0, 0.1) is 6.92 Å². The second-order valence-electron chi connectivity index (χ2n) is 8.23. The predicted molar refractivity (Wildman–Crippen MR) is 128 cm³/mol. The Bertz CT molecular complexity index is 1040. The summed E-state index contributed by atoms with van der Waals surface area (Å²) < 4.78 is 28.2. The lowest BCUT2D eigenvalue weighted by molar-refractivity contribution is 0.516. The Balaban J connectivity index is 1.64. The van der Waals surface area contributed by atoms with Gasteiger partial charge in [-0.1, -0.05) is 86.1 Å². The van der Waals surface area contributed by atoms with Crippen LogP contribution in [0.3, 0.4) is 0 Å². The molecule has 0 fully saturated rings. The summed E-state index contributed by atoms with van der Waals surface area (Å²) in [6.07, 6.45) is 0.881. The van der Waals surface area contributed by atoms with E-state index in [1.807, 2.05) is 49.4 Å². The largest absolute Gasteiger partial charge is 0.309 e. The van der Waals surface area contributed by atoms with Gasteiger partial charge < -0.3 is 5.32 Å². The second kappa shape index (κ2) is 10.7. The minimum Gasteiger partial charge on any atom is -0.309 e. The van der Waals surface area contributed by atoms with Gasteiger partial charge in [0.05, 0.1) is 4.90 Å². The third-order valence-corrected chi connectivity index (χ3v) is 6.90. The SMILES string of the molecule is Cc1ccc(S(=O)(=O)NC[C@@H](NCCc2ccc(C(C)C)cc2)c2ccccc2)cc1. The zero-order valence-electron chi connectivity index (χ0n) is 18.5. The van der Waals surface area contributed by atoms with Gasteiger partial charge in [0, 0.05) is 12.6 Å². The molecule has 0 aliphatic carbocycles. The number of sulfonamides is 1. The first-order valence-corrected chi connectivity index (χ1v) is 12.3. The summed E-state index contributed by atoms with van der Waals surface area (Å²) in [6.45, 7) is 7.37. The molecule has 4 nitrogen and oxygen atoms in total. The highest BCUT2D eigenvalue weighted by Crippen LogP contribution is 2.17. The van der Waals surface area contributed by atoms with Crippen molar-refractivity contribution >= 4 is 10.0 Å². The zero-order valence-corrected chi connectivity index (χ0v) is 19.3. The van der Waals surface area contributed by atoms with E-state index < -0.39 is 10.0 Å². The van der Waals surface area contributed by atoms with Crippen LogP contribution in [0.15, 0.2) is 83.8 Å². The molecule has 0 saturated carbocycles. The fourth-order valence-electron chi connectivity index (χ4n) is 3.45. The molecule has 31 heavy (non-hydrogen) atoms. The molecule has 0 heterocycles. The van der Waals surface area contributed by atoms with Crippen LogP contribution in [0.2, 0.25) is 0 Å². The highest BCUT2D eigenvalue weighted by molar-refractivity contribution is 7.89. The molecule has 0 amide bonds. The van der Waals surface area contributed by atoms with Gasteiger partial charge in [-0.05, 0) is 54.6 Å². The van der Waals surface area contributed by atoms with Crippen molar-refractivity contribution in [3.05, 3.63) is 101 Å². The van der Waals surface area contributed by atoms with E-state index in [1.165, 1.54) is 11.1 Å². The second-order valence-corrected chi connectivity index (χ2v) is 10.00. The van der Waals surface area contributed by atoms with E-state index in [2.05, 4.69) is 48.2 Å². The van der Waals surface area contributed by atoms with Gasteiger partial charge in [-0.15, -0.1) is 0 Å². The van der Waals surface area contributed by atoms with Gasteiger partial charge in [0.15, 0.2) is 0 Å². The molecule has 0 aliphatic heterocycles. The van der Waals surface area contributed by atoms with Crippen LogP contribution in [0.25, 0.3) is 0 Å². The van der Waals surface area contributed by atoms with Crippen molar-refractivity contribution in [3.8, 4) is 0 Å². The van der Waals surface area contributed by atoms with Crippen molar-refractivity contribution in [2.24, 2.45) is 0 Å². The standard InChI is InChI=1S/C26H32N2O2S/c1-20(2)23-13-11-22(12-14-23)17-18-27-26(24-7-5-4-6-8-24)19-28-31(29,30)25-15-9-21(3)10-16-25/h4-16,20,26-28H,17-19H2,1-3H3/t26-/m1/s1. The first-order chi connectivity index (χ1) is 14.8. The molecule has 3 aromatic carbocycles. The molecule has 0 radical (unpaired) electrons. The molecule has 0 aromatic heterocycles. The summed E-state index contributed by atoms with van der Waals surface area (Å²) in [5.41, 5.74) is 4.70. The van der Waals surface area contributed by atoms with Gasteiger partial charge in [0.25, 0.3) is 0 Å². The van der Waals surface area contributed by atoms with Gasteiger partial charge in [-0.25, -0.2) is 13.1 Å². The van der Waals surface area contributed by atoms with Crippen molar-refractivity contribution in [2.45, 2.75) is 44.0 Å². The zero-order chi connectivity index (χ0) is 22.3. The van der Waals surface area contributed by atoms with E-state index in [0.717, 1.165) is 24.1 Å². The molecular formula is C26H32N2O2S. The number of hydrogen-bond donors (Lipinski definition) is 2. The Hall–Kier alpha value is -2.47. The van der Waals surface area contributed by atoms with Crippen LogP contribution < -0.4 is 10.0 Å². The Morgan fingerprint density at radius 2 is 1.45 bits per heavy atom. The average Bonchev–Trinajstić information content (AvgIpc) is 2.77. The molecule has 3 aromatic rings. The third-order valence-electron chi connectivity index (χ3n) is 5.46. The first kappa shape index (κ1) is 23.2. The maximum Gasteiger partial charge on any atom is 0.240 e. The summed E-state index contributed by atoms with van der Waals surface area (Å²) in [5, 5.41) is 3.53. The van der Waals surface area contributed by atoms with Crippen molar-refractivity contribution in [1.29, 1.82) is 0 Å². The average molecular weight is 437 g/mol. The molecule has 0 aliphatic rings. The summed E-state index contributed by atoms with van der Waals surface area (Å²) in [4.78, 5) is 0.287. The molecule has 1 atom stereocenters. The smallest absolute Gasteiger partial charge is 0.240 e. The molecule has 164 valence electrons. The molecule has 2 N–H and O–H groups in total. The summed E-state index contributed by atoms with van der Waals surface area (Å²) in [7, 11) is -3.56. The quantitative estimate of drug-likeness (QED) is 0.472. The number of benzene rings is 3. The van der Waals surface area contributed by atoms with Gasteiger partial charge in [0.1, 0.15) is 0 Å². The van der Waals surface area contributed by atoms with Crippen LogP contribution in [0.1, 0.15) is 48.1 Å². The monoisotopic (exact) mass is 436 g/mol. The van der Waals surface area contributed by atoms with Crippen molar-refractivity contribution < 1.29 is 8.42 Å². The number of aryl methyl sites for hydroxylation is 1. The Morgan fingerprint density at radius 1 is 0.806 bits per heavy atom. The normalized spacial score (nSPS) is 12.8.